The molecule has 1 N–H and O–H groups in total. The molecule has 2 aliphatic heterocycles. The molecule has 1 saturated heterocycles. The third kappa shape index (κ3) is 2.48. The summed E-state index contributed by atoms with van der Waals surface area (Å²) in [5, 5.41) is 4.25. The SMILES string of the molecule is O=C([C@@H]1C=CCN1)N1CCN(c2nc3ccccc3s2)CC1. The van der Waals surface area contributed by atoms with Crippen molar-refractivity contribution in [3.8, 4) is 0 Å². The standard InChI is InChI=1S/C16H18N4OS/c21-15(13-5-3-7-17-13)19-8-10-20(11-9-19)16-18-12-4-1-2-6-14(12)22-16/h1-6,13,17H,7-11H2/t13-/m0/s1. The van der Waals surface area contributed by atoms with Gasteiger partial charge in [-0.2, -0.15) is 0 Å². The van der Waals surface area contributed by atoms with Gasteiger partial charge in [-0.1, -0.05) is 35.6 Å². The van der Waals surface area contributed by atoms with Gasteiger partial charge >= 0.3 is 0 Å². The number of nitrogens with one attached hydrogen (secondary N) is 1. The number of rotatable bonds is 2. The molecule has 1 atom stereocenters. The van der Waals surface area contributed by atoms with Gasteiger partial charge in [-0.3, -0.25) is 10.1 Å². The zero-order chi connectivity index (χ0) is 14.9. The average molecular weight is 314 g/mol. The number of aromatic nitrogens is 1. The molecule has 0 unspecified atom stereocenters. The topological polar surface area (TPSA) is 48.5 Å². The Kier molecular flexibility index (Phi) is 3.56. The maximum atomic E-state index is 12.4. The summed E-state index contributed by atoms with van der Waals surface area (Å²) >= 11 is 1.73. The molecule has 1 aromatic carbocycles. The first kappa shape index (κ1) is 13.7. The highest BCUT2D eigenvalue weighted by molar-refractivity contribution is 7.22. The molecule has 2 aliphatic rings. The molecule has 1 amide bonds. The van der Waals surface area contributed by atoms with E-state index in [1.165, 1.54) is 4.70 Å². The molecule has 4 rings (SSSR count). The summed E-state index contributed by atoms with van der Waals surface area (Å²) in [5.41, 5.74) is 1.06. The van der Waals surface area contributed by atoms with E-state index in [0.29, 0.717) is 0 Å². The minimum absolute atomic E-state index is 0.131. The first-order valence-corrected chi connectivity index (χ1v) is 8.42. The third-order valence-electron chi connectivity index (χ3n) is 4.19. The highest BCUT2D eigenvalue weighted by Gasteiger charge is 2.27. The van der Waals surface area contributed by atoms with Crippen LogP contribution in [0.2, 0.25) is 0 Å². The smallest absolute Gasteiger partial charge is 0.243 e. The zero-order valence-corrected chi connectivity index (χ0v) is 13.1. The number of fused-ring (bicyclic) bond motifs is 1. The van der Waals surface area contributed by atoms with E-state index in [4.69, 9.17) is 4.98 Å². The predicted molar refractivity (Wildman–Crippen MR) is 89.3 cm³/mol. The number of para-hydroxylation sites is 1. The summed E-state index contributed by atoms with van der Waals surface area (Å²) in [6, 6.07) is 8.09. The molecular formula is C16H18N4OS. The number of thiazole rings is 1. The van der Waals surface area contributed by atoms with E-state index < -0.39 is 0 Å². The number of piperazine rings is 1. The van der Waals surface area contributed by atoms with Gasteiger partial charge in [0.05, 0.1) is 10.2 Å². The van der Waals surface area contributed by atoms with Crippen molar-refractivity contribution in [2.45, 2.75) is 6.04 Å². The van der Waals surface area contributed by atoms with Crippen molar-refractivity contribution in [1.29, 1.82) is 0 Å². The fraction of sp³-hybridized carbons (Fsp3) is 0.375. The number of nitrogens with zero attached hydrogens (tertiary/aromatic N) is 3. The van der Waals surface area contributed by atoms with Gasteiger partial charge in [-0.15, -0.1) is 0 Å². The van der Waals surface area contributed by atoms with Gasteiger partial charge in [0.1, 0.15) is 6.04 Å². The minimum Gasteiger partial charge on any atom is -0.345 e. The Hall–Kier alpha value is -1.92. The number of amides is 1. The summed E-state index contributed by atoms with van der Waals surface area (Å²) < 4.78 is 1.22. The van der Waals surface area contributed by atoms with Crippen molar-refractivity contribution in [1.82, 2.24) is 15.2 Å². The van der Waals surface area contributed by atoms with Crippen LogP contribution in [0.5, 0.6) is 0 Å². The van der Waals surface area contributed by atoms with Crippen LogP contribution in [-0.2, 0) is 4.79 Å². The minimum atomic E-state index is -0.131. The van der Waals surface area contributed by atoms with Gasteiger partial charge in [0.15, 0.2) is 5.13 Å². The lowest BCUT2D eigenvalue weighted by atomic mass is 10.2. The lowest BCUT2D eigenvalue weighted by Gasteiger charge is -2.35. The molecule has 3 heterocycles. The van der Waals surface area contributed by atoms with Crippen molar-refractivity contribution in [2.75, 3.05) is 37.6 Å². The maximum Gasteiger partial charge on any atom is 0.243 e. The van der Waals surface area contributed by atoms with Crippen LogP contribution in [0.1, 0.15) is 0 Å². The summed E-state index contributed by atoms with van der Waals surface area (Å²) in [7, 11) is 0. The zero-order valence-electron chi connectivity index (χ0n) is 12.2. The second-order valence-electron chi connectivity index (χ2n) is 5.59. The second kappa shape index (κ2) is 5.70. The fourth-order valence-electron chi connectivity index (χ4n) is 2.95. The van der Waals surface area contributed by atoms with Crippen LogP contribution in [0.3, 0.4) is 0 Å². The highest BCUT2D eigenvalue weighted by atomic mass is 32.1. The Bertz CT molecular complexity index is 685. The van der Waals surface area contributed by atoms with Crippen molar-refractivity contribution < 1.29 is 4.79 Å². The van der Waals surface area contributed by atoms with Crippen molar-refractivity contribution in [3.05, 3.63) is 36.4 Å². The van der Waals surface area contributed by atoms with Gasteiger partial charge in [-0.05, 0) is 12.1 Å². The summed E-state index contributed by atoms with van der Waals surface area (Å²) in [6.07, 6.45) is 3.97. The predicted octanol–water partition coefficient (Wildman–Crippen LogP) is 1.47. The molecular weight excluding hydrogens is 296 g/mol. The molecule has 0 radical (unpaired) electrons. The van der Waals surface area contributed by atoms with Crippen molar-refractivity contribution >= 4 is 32.6 Å². The van der Waals surface area contributed by atoms with E-state index in [-0.39, 0.29) is 11.9 Å². The molecule has 1 aromatic heterocycles. The molecule has 1 fully saturated rings. The molecule has 22 heavy (non-hydrogen) atoms. The van der Waals surface area contributed by atoms with E-state index in [0.717, 1.165) is 43.4 Å². The monoisotopic (exact) mass is 314 g/mol. The molecule has 0 bridgehead atoms. The van der Waals surface area contributed by atoms with Crippen LogP contribution < -0.4 is 10.2 Å². The Morgan fingerprint density at radius 1 is 1.23 bits per heavy atom. The van der Waals surface area contributed by atoms with Crippen LogP contribution in [0.15, 0.2) is 36.4 Å². The Balaban J connectivity index is 1.43. The number of benzene rings is 1. The summed E-state index contributed by atoms with van der Waals surface area (Å²) in [6.45, 7) is 4.02. The maximum absolute atomic E-state index is 12.4. The third-order valence-corrected chi connectivity index (χ3v) is 5.29. The van der Waals surface area contributed by atoms with Crippen LogP contribution in [0.25, 0.3) is 10.2 Å². The molecule has 0 aliphatic carbocycles. The van der Waals surface area contributed by atoms with Crippen LogP contribution >= 0.6 is 11.3 Å². The Labute approximate surface area is 133 Å². The Morgan fingerprint density at radius 3 is 2.77 bits per heavy atom. The van der Waals surface area contributed by atoms with Gasteiger partial charge in [-0.25, -0.2) is 4.98 Å². The largest absolute Gasteiger partial charge is 0.345 e. The van der Waals surface area contributed by atoms with Crippen LogP contribution in [-0.4, -0.2) is 54.6 Å². The molecule has 5 nitrogen and oxygen atoms in total. The van der Waals surface area contributed by atoms with Crippen LogP contribution in [0, 0.1) is 0 Å². The normalized spacial score (nSPS) is 21.7. The molecule has 6 heteroatoms. The van der Waals surface area contributed by atoms with Crippen LogP contribution in [0.4, 0.5) is 5.13 Å². The van der Waals surface area contributed by atoms with E-state index in [1.54, 1.807) is 11.3 Å². The first-order chi connectivity index (χ1) is 10.8. The summed E-state index contributed by atoms with van der Waals surface area (Å²) in [5.74, 6) is 0.192. The number of carbonyl (C=O) groups excluding carboxylic acids is 1. The quantitative estimate of drug-likeness (QED) is 0.853. The average Bonchev–Trinajstić information content (AvgIpc) is 3.23. The number of carbonyl (C=O) groups is 1. The first-order valence-electron chi connectivity index (χ1n) is 7.60. The van der Waals surface area contributed by atoms with Gasteiger partial charge < -0.3 is 9.80 Å². The van der Waals surface area contributed by atoms with Gasteiger partial charge in [0.2, 0.25) is 5.91 Å². The lowest BCUT2D eigenvalue weighted by Crippen LogP contribution is -2.53. The molecule has 114 valence electrons. The van der Waals surface area contributed by atoms with E-state index in [1.807, 2.05) is 35.3 Å². The van der Waals surface area contributed by atoms with E-state index >= 15 is 0 Å². The van der Waals surface area contributed by atoms with E-state index in [9.17, 15) is 4.79 Å². The fourth-order valence-corrected chi connectivity index (χ4v) is 3.96. The highest BCUT2D eigenvalue weighted by Crippen LogP contribution is 2.29. The molecule has 2 aromatic rings. The van der Waals surface area contributed by atoms with Gasteiger partial charge in [0.25, 0.3) is 0 Å². The second-order valence-corrected chi connectivity index (χ2v) is 6.60. The summed E-state index contributed by atoms with van der Waals surface area (Å²) in [4.78, 5) is 21.3. The number of hydrogen-bond acceptors (Lipinski definition) is 5. The van der Waals surface area contributed by atoms with Crippen molar-refractivity contribution in [3.63, 3.8) is 0 Å². The van der Waals surface area contributed by atoms with Crippen molar-refractivity contribution in [2.24, 2.45) is 0 Å². The number of anilines is 1. The number of hydrogen-bond donors (Lipinski definition) is 1. The molecule has 0 spiro atoms. The lowest BCUT2D eigenvalue weighted by molar-refractivity contribution is -0.132. The van der Waals surface area contributed by atoms with E-state index in [2.05, 4.69) is 16.3 Å². The molecule has 0 saturated carbocycles. The Morgan fingerprint density at radius 2 is 2.05 bits per heavy atom. The van der Waals surface area contributed by atoms with Gasteiger partial charge in [0, 0.05) is 32.7 Å².